The zero-order valence-electron chi connectivity index (χ0n) is 10.9. The van der Waals surface area contributed by atoms with E-state index in [4.69, 9.17) is 5.11 Å². The fourth-order valence-electron chi connectivity index (χ4n) is 1.94. The highest BCUT2D eigenvalue weighted by Gasteiger charge is 2.10. The van der Waals surface area contributed by atoms with Crippen molar-refractivity contribution in [3.8, 4) is 0 Å². The number of rotatable bonds is 6. The molecule has 0 radical (unpaired) electrons. The molecule has 0 aliphatic heterocycles. The molecule has 0 saturated heterocycles. The summed E-state index contributed by atoms with van der Waals surface area (Å²) in [6.45, 7) is 2.22. The Balaban J connectivity index is 1.95. The summed E-state index contributed by atoms with van der Waals surface area (Å²) < 4.78 is 1.86. The van der Waals surface area contributed by atoms with Gasteiger partial charge in [-0.1, -0.05) is 18.2 Å². The van der Waals surface area contributed by atoms with Gasteiger partial charge in [0.1, 0.15) is 0 Å². The summed E-state index contributed by atoms with van der Waals surface area (Å²) in [5, 5.41) is 13.3. The zero-order chi connectivity index (χ0) is 13.7. The second-order valence-corrected chi connectivity index (χ2v) is 4.47. The van der Waals surface area contributed by atoms with Gasteiger partial charge >= 0.3 is 5.97 Å². The normalized spacial score (nSPS) is 10.8. The first kappa shape index (κ1) is 13.3. The average Bonchev–Trinajstić information content (AvgIpc) is 2.90. The van der Waals surface area contributed by atoms with E-state index in [1.54, 1.807) is 18.3 Å². The Bertz CT molecular complexity index is 537. The molecule has 5 nitrogen and oxygen atoms in total. The first-order valence-corrected chi connectivity index (χ1v) is 6.14. The highest BCUT2D eigenvalue weighted by Crippen LogP contribution is 2.11. The number of hydrogen-bond donors (Lipinski definition) is 1. The van der Waals surface area contributed by atoms with Gasteiger partial charge in [-0.2, -0.15) is 5.10 Å². The Morgan fingerprint density at radius 1 is 1.37 bits per heavy atom. The van der Waals surface area contributed by atoms with Crippen LogP contribution in [-0.2, 0) is 13.1 Å². The molecule has 0 fully saturated rings. The van der Waals surface area contributed by atoms with E-state index in [0.717, 1.165) is 18.7 Å². The Morgan fingerprint density at radius 2 is 2.16 bits per heavy atom. The van der Waals surface area contributed by atoms with E-state index in [9.17, 15) is 4.79 Å². The largest absolute Gasteiger partial charge is 0.478 e. The molecular weight excluding hydrogens is 242 g/mol. The molecule has 0 bridgehead atoms. The molecule has 2 rings (SSSR count). The number of hydrogen-bond acceptors (Lipinski definition) is 3. The molecule has 1 aromatic heterocycles. The lowest BCUT2D eigenvalue weighted by Gasteiger charge is -2.17. The highest BCUT2D eigenvalue weighted by atomic mass is 16.4. The molecule has 0 aliphatic carbocycles. The van der Waals surface area contributed by atoms with Crippen molar-refractivity contribution in [3.63, 3.8) is 0 Å². The third kappa shape index (κ3) is 3.66. The van der Waals surface area contributed by atoms with Crippen molar-refractivity contribution < 1.29 is 9.90 Å². The number of aromatic carboxylic acids is 1. The Hall–Kier alpha value is -2.14. The van der Waals surface area contributed by atoms with Crippen LogP contribution >= 0.6 is 0 Å². The van der Waals surface area contributed by atoms with Crippen LogP contribution in [0, 0.1) is 0 Å². The predicted octanol–water partition coefficient (Wildman–Crippen LogP) is 1.71. The Labute approximate surface area is 112 Å². The third-order valence-electron chi connectivity index (χ3n) is 2.96. The van der Waals surface area contributed by atoms with Crippen molar-refractivity contribution in [2.45, 2.75) is 13.1 Å². The van der Waals surface area contributed by atoms with Crippen LogP contribution in [-0.4, -0.2) is 39.3 Å². The van der Waals surface area contributed by atoms with Crippen molar-refractivity contribution in [2.75, 3.05) is 13.6 Å². The second-order valence-electron chi connectivity index (χ2n) is 4.47. The molecule has 0 saturated carbocycles. The third-order valence-corrected chi connectivity index (χ3v) is 2.96. The monoisotopic (exact) mass is 259 g/mol. The lowest BCUT2D eigenvalue weighted by atomic mass is 10.1. The van der Waals surface area contributed by atoms with Crippen molar-refractivity contribution >= 4 is 5.97 Å². The van der Waals surface area contributed by atoms with E-state index >= 15 is 0 Å². The Morgan fingerprint density at radius 3 is 2.84 bits per heavy atom. The van der Waals surface area contributed by atoms with Gasteiger partial charge < -0.3 is 10.0 Å². The predicted molar refractivity (Wildman–Crippen MR) is 72.0 cm³/mol. The van der Waals surface area contributed by atoms with Crippen LogP contribution in [0.3, 0.4) is 0 Å². The van der Waals surface area contributed by atoms with E-state index in [1.165, 1.54) is 0 Å². The fourth-order valence-corrected chi connectivity index (χ4v) is 1.94. The maximum Gasteiger partial charge on any atom is 0.336 e. The minimum atomic E-state index is -0.879. The maximum absolute atomic E-state index is 11.1. The average molecular weight is 259 g/mol. The number of carboxylic acids is 1. The number of benzene rings is 1. The first-order valence-electron chi connectivity index (χ1n) is 6.14. The molecule has 0 unspecified atom stereocenters. The van der Waals surface area contributed by atoms with E-state index < -0.39 is 5.97 Å². The van der Waals surface area contributed by atoms with Gasteiger partial charge in [-0.25, -0.2) is 4.79 Å². The van der Waals surface area contributed by atoms with Crippen LogP contribution in [0.4, 0.5) is 0 Å². The van der Waals surface area contributed by atoms with Gasteiger partial charge in [0.15, 0.2) is 0 Å². The first-order chi connectivity index (χ1) is 9.16. The molecule has 100 valence electrons. The second kappa shape index (κ2) is 6.15. The maximum atomic E-state index is 11.1. The molecule has 2 aromatic rings. The van der Waals surface area contributed by atoms with Gasteiger partial charge in [0.2, 0.25) is 0 Å². The summed E-state index contributed by atoms with van der Waals surface area (Å²) in [6.07, 6.45) is 3.67. The van der Waals surface area contributed by atoms with Crippen molar-refractivity contribution in [1.82, 2.24) is 14.7 Å². The number of carbonyl (C=O) groups is 1. The van der Waals surface area contributed by atoms with Gasteiger partial charge in [-0.3, -0.25) is 4.68 Å². The summed E-state index contributed by atoms with van der Waals surface area (Å²) in [6, 6.07) is 8.99. The van der Waals surface area contributed by atoms with Crippen LogP contribution < -0.4 is 0 Å². The molecular formula is C14H17N3O2. The molecule has 1 aromatic carbocycles. The van der Waals surface area contributed by atoms with Gasteiger partial charge in [0, 0.05) is 25.5 Å². The van der Waals surface area contributed by atoms with Crippen molar-refractivity contribution in [3.05, 3.63) is 53.9 Å². The fraction of sp³-hybridized carbons (Fsp3) is 0.286. The van der Waals surface area contributed by atoms with E-state index in [-0.39, 0.29) is 0 Å². The van der Waals surface area contributed by atoms with Gasteiger partial charge in [0.05, 0.1) is 12.1 Å². The highest BCUT2D eigenvalue weighted by molar-refractivity contribution is 5.89. The lowest BCUT2D eigenvalue weighted by molar-refractivity contribution is 0.0694. The number of nitrogens with zero attached hydrogens (tertiary/aromatic N) is 3. The van der Waals surface area contributed by atoms with Crippen molar-refractivity contribution in [1.29, 1.82) is 0 Å². The van der Waals surface area contributed by atoms with Crippen LogP contribution in [0.5, 0.6) is 0 Å². The van der Waals surface area contributed by atoms with Crippen LogP contribution in [0.1, 0.15) is 15.9 Å². The van der Waals surface area contributed by atoms with Crippen LogP contribution in [0.15, 0.2) is 42.7 Å². The molecule has 0 aliphatic rings. The van der Waals surface area contributed by atoms with Gasteiger partial charge in [0.25, 0.3) is 0 Å². The van der Waals surface area contributed by atoms with E-state index in [0.29, 0.717) is 12.1 Å². The lowest BCUT2D eigenvalue weighted by Crippen LogP contribution is -2.24. The summed E-state index contributed by atoms with van der Waals surface area (Å²) >= 11 is 0. The molecule has 1 N–H and O–H groups in total. The molecule has 19 heavy (non-hydrogen) atoms. The quantitative estimate of drug-likeness (QED) is 0.858. The van der Waals surface area contributed by atoms with Crippen LogP contribution in [0.2, 0.25) is 0 Å². The molecule has 1 heterocycles. The minimum Gasteiger partial charge on any atom is -0.478 e. The molecule has 0 atom stereocenters. The number of aromatic nitrogens is 2. The minimum absolute atomic E-state index is 0.369. The summed E-state index contributed by atoms with van der Waals surface area (Å²) in [5.74, 6) is -0.879. The molecule has 0 amide bonds. The topological polar surface area (TPSA) is 58.4 Å². The van der Waals surface area contributed by atoms with Gasteiger partial charge in [-0.05, 0) is 24.7 Å². The van der Waals surface area contributed by atoms with Crippen molar-refractivity contribution in [2.24, 2.45) is 0 Å². The zero-order valence-corrected chi connectivity index (χ0v) is 10.9. The molecule has 5 heteroatoms. The standard InChI is InChI=1S/C14H17N3O2/c1-16(9-10-17-8-4-7-15-17)11-12-5-2-3-6-13(12)14(18)19/h2-8H,9-11H2,1H3,(H,18,19). The number of likely N-dealkylation sites (N-methyl/N-ethyl adjacent to an activating group) is 1. The smallest absolute Gasteiger partial charge is 0.336 e. The summed E-state index contributed by atoms with van der Waals surface area (Å²) in [7, 11) is 1.97. The van der Waals surface area contributed by atoms with E-state index in [1.807, 2.05) is 36.1 Å². The summed E-state index contributed by atoms with van der Waals surface area (Å²) in [4.78, 5) is 13.2. The van der Waals surface area contributed by atoms with Gasteiger partial charge in [-0.15, -0.1) is 0 Å². The van der Waals surface area contributed by atoms with E-state index in [2.05, 4.69) is 10.00 Å². The molecule has 0 spiro atoms. The Kier molecular flexibility index (Phi) is 4.30. The van der Waals surface area contributed by atoms with Crippen LogP contribution in [0.25, 0.3) is 0 Å². The SMILES string of the molecule is CN(CCn1cccn1)Cc1ccccc1C(=O)O. The summed E-state index contributed by atoms with van der Waals surface area (Å²) in [5.41, 5.74) is 1.20. The number of carboxylic acid groups (broad SMARTS) is 1.